The summed E-state index contributed by atoms with van der Waals surface area (Å²) in [7, 11) is 3.88. The highest BCUT2D eigenvalue weighted by molar-refractivity contribution is 5.83. The largest absolute Gasteiger partial charge is 0.483 e. The van der Waals surface area contributed by atoms with E-state index < -0.39 is 11.4 Å². The monoisotopic (exact) mass is 372 g/mol. The fourth-order valence-electron chi connectivity index (χ4n) is 3.30. The molecular formula is C19H24N4O4. The van der Waals surface area contributed by atoms with Crippen molar-refractivity contribution in [2.45, 2.75) is 18.8 Å². The lowest BCUT2D eigenvalue weighted by molar-refractivity contribution is -0.143. The van der Waals surface area contributed by atoms with Crippen LogP contribution in [0.25, 0.3) is 0 Å². The summed E-state index contributed by atoms with van der Waals surface area (Å²) in [4.78, 5) is 33.4. The third kappa shape index (κ3) is 4.16. The van der Waals surface area contributed by atoms with Gasteiger partial charge in [0.25, 0.3) is 6.47 Å². The van der Waals surface area contributed by atoms with Crippen LogP contribution >= 0.6 is 0 Å². The normalized spacial score (nSPS) is 18.4. The third-order valence-electron chi connectivity index (χ3n) is 4.64. The van der Waals surface area contributed by atoms with Crippen molar-refractivity contribution in [3.63, 3.8) is 0 Å². The van der Waals surface area contributed by atoms with Crippen LogP contribution in [0, 0.1) is 6.92 Å². The molecule has 8 nitrogen and oxygen atoms in total. The summed E-state index contributed by atoms with van der Waals surface area (Å²) in [5.74, 6) is 0.645. The maximum atomic E-state index is 12.1. The predicted octanol–water partition coefficient (Wildman–Crippen LogP) is 1.78. The molecule has 2 N–H and O–H groups in total. The van der Waals surface area contributed by atoms with Crippen molar-refractivity contribution in [3.8, 4) is 0 Å². The van der Waals surface area contributed by atoms with Crippen LogP contribution in [-0.2, 0) is 15.0 Å². The summed E-state index contributed by atoms with van der Waals surface area (Å²) >= 11 is 0. The van der Waals surface area contributed by atoms with Gasteiger partial charge >= 0.3 is 5.97 Å². The molecule has 0 bridgehead atoms. The molecule has 0 radical (unpaired) electrons. The van der Waals surface area contributed by atoms with Gasteiger partial charge in [-0.15, -0.1) is 0 Å². The second-order valence-corrected chi connectivity index (χ2v) is 6.60. The first kappa shape index (κ1) is 20.2. The zero-order valence-corrected chi connectivity index (χ0v) is 15.7. The van der Waals surface area contributed by atoms with Crippen molar-refractivity contribution in [1.82, 2.24) is 9.97 Å². The molecule has 3 rings (SSSR count). The molecule has 1 aromatic heterocycles. The molecule has 27 heavy (non-hydrogen) atoms. The lowest BCUT2D eigenvalue weighted by Gasteiger charge is -2.26. The van der Waals surface area contributed by atoms with Crippen molar-refractivity contribution >= 4 is 24.2 Å². The molecule has 1 unspecified atom stereocenters. The predicted molar refractivity (Wildman–Crippen MR) is 102 cm³/mol. The van der Waals surface area contributed by atoms with Crippen LogP contribution in [0.1, 0.15) is 17.5 Å². The highest BCUT2D eigenvalue weighted by atomic mass is 16.4. The minimum atomic E-state index is -0.909. The standard InChI is InChI=1S/C18H22N4O2.CH2O2/c1-13-11-19-17(20-15(13)21(2)3)22-10-9-18(12-22,16(23)24)14-7-5-4-6-8-14;2-1-3/h4-8,11H,9-10,12H2,1-3H3,(H,23,24);1H,(H,2,3). The molecule has 0 aliphatic carbocycles. The quantitative estimate of drug-likeness (QED) is 0.782. The van der Waals surface area contributed by atoms with Crippen LogP contribution in [0.4, 0.5) is 11.8 Å². The maximum Gasteiger partial charge on any atom is 0.316 e. The molecule has 1 aromatic carbocycles. The summed E-state index contributed by atoms with van der Waals surface area (Å²) in [6, 6.07) is 9.44. The zero-order chi connectivity index (χ0) is 20.0. The average molecular weight is 372 g/mol. The van der Waals surface area contributed by atoms with Crippen molar-refractivity contribution < 1.29 is 19.8 Å². The van der Waals surface area contributed by atoms with Crippen LogP contribution in [0.2, 0.25) is 0 Å². The number of nitrogens with zero attached hydrogens (tertiary/aromatic N) is 4. The SMILES string of the molecule is Cc1cnc(N2CCC(C(=O)O)(c3ccccc3)C2)nc1N(C)C.O=CO. The smallest absolute Gasteiger partial charge is 0.316 e. The lowest BCUT2D eigenvalue weighted by Crippen LogP contribution is -2.39. The number of carbonyl (C=O) groups is 2. The molecule has 1 saturated heterocycles. The van der Waals surface area contributed by atoms with E-state index in [0.717, 1.165) is 16.9 Å². The number of benzene rings is 1. The molecule has 1 atom stereocenters. The number of carboxylic acids is 1. The Morgan fingerprint density at radius 3 is 2.48 bits per heavy atom. The number of anilines is 2. The first-order valence-corrected chi connectivity index (χ1v) is 8.48. The number of hydrogen-bond acceptors (Lipinski definition) is 6. The van der Waals surface area contributed by atoms with Crippen molar-refractivity contribution in [2.24, 2.45) is 0 Å². The molecule has 2 heterocycles. The Labute approximate surface area is 158 Å². The number of hydrogen-bond donors (Lipinski definition) is 2. The van der Waals surface area contributed by atoms with Gasteiger partial charge in [0.1, 0.15) is 11.2 Å². The molecule has 1 aliphatic heterocycles. The fraction of sp³-hybridized carbons (Fsp3) is 0.368. The summed E-state index contributed by atoms with van der Waals surface area (Å²) in [6.07, 6.45) is 2.34. The Bertz CT molecular complexity index is 798. The number of aryl methyl sites for hydroxylation is 1. The first-order valence-electron chi connectivity index (χ1n) is 8.48. The van der Waals surface area contributed by atoms with Crippen molar-refractivity contribution in [2.75, 3.05) is 37.0 Å². The topological polar surface area (TPSA) is 107 Å². The van der Waals surface area contributed by atoms with Gasteiger partial charge in [-0.25, -0.2) is 4.98 Å². The summed E-state index contributed by atoms with van der Waals surface area (Å²) in [5.41, 5.74) is 0.920. The van der Waals surface area contributed by atoms with Crippen molar-refractivity contribution in [3.05, 3.63) is 47.7 Å². The summed E-state index contributed by atoms with van der Waals surface area (Å²) in [5, 5.41) is 16.8. The van der Waals surface area contributed by atoms with Crippen LogP contribution in [0.5, 0.6) is 0 Å². The van der Waals surface area contributed by atoms with E-state index in [1.807, 2.05) is 61.2 Å². The van der Waals surface area contributed by atoms with E-state index in [2.05, 4.69) is 9.97 Å². The van der Waals surface area contributed by atoms with Gasteiger partial charge in [-0.2, -0.15) is 4.98 Å². The number of aromatic nitrogens is 2. The maximum absolute atomic E-state index is 12.1. The Morgan fingerprint density at radius 1 is 1.30 bits per heavy atom. The van der Waals surface area contributed by atoms with E-state index in [9.17, 15) is 9.90 Å². The molecule has 1 aliphatic rings. The molecule has 1 fully saturated rings. The average Bonchev–Trinajstić information content (AvgIpc) is 3.10. The van der Waals surface area contributed by atoms with E-state index in [1.165, 1.54) is 0 Å². The first-order chi connectivity index (χ1) is 12.9. The Hall–Kier alpha value is -3.16. The highest BCUT2D eigenvalue weighted by Crippen LogP contribution is 2.36. The van der Waals surface area contributed by atoms with Gasteiger partial charge in [0.05, 0.1) is 0 Å². The lowest BCUT2D eigenvalue weighted by atomic mass is 9.80. The van der Waals surface area contributed by atoms with E-state index in [-0.39, 0.29) is 6.47 Å². The molecule has 0 spiro atoms. The van der Waals surface area contributed by atoms with E-state index >= 15 is 0 Å². The molecule has 144 valence electrons. The second kappa shape index (κ2) is 8.48. The minimum absolute atomic E-state index is 0.250. The van der Waals surface area contributed by atoms with E-state index in [1.54, 1.807) is 6.20 Å². The molecule has 0 saturated carbocycles. The van der Waals surface area contributed by atoms with Gasteiger partial charge in [0.15, 0.2) is 0 Å². The zero-order valence-electron chi connectivity index (χ0n) is 15.7. The third-order valence-corrected chi connectivity index (χ3v) is 4.64. The van der Waals surface area contributed by atoms with Gasteiger partial charge in [0.2, 0.25) is 5.95 Å². The van der Waals surface area contributed by atoms with Crippen LogP contribution < -0.4 is 9.80 Å². The van der Waals surface area contributed by atoms with Crippen LogP contribution in [-0.4, -0.2) is 59.8 Å². The van der Waals surface area contributed by atoms with Gasteiger partial charge in [-0.3, -0.25) is 9.59 Å². The van der Waals surface area contributed by atoms with Gasteiger partial charge in [0, 0.05) is 38.9 Å². The Balaban J connectivity index is 0.000000817. The Kier molecular flexibility index (Phi) is 6.33. The summed E-state index contributed by atoms with van der Waals surface area (Å²) < 4.78 is 0. The Morgan fingerprint density at radius 2 is 1.93 bits per heavy atom. The van der Waals surface area contributed by atoms with Gasteiger partial charge < -0.3 is 20.0 Å². The van der Waals surface area contributed by atoms with Crippen LogP contribution in [0.3, 0.4) is 0 Å². The van der Waals surface area contributed by atoms with E-state index in [0.29, 0.717) is 25.5 Å². The second-order valence-electron chi connectivity index (χ2n) is 6.60. The van der Waals surface area contributed by atoms with E-state index in [4.69, 9.17) is 9.90 Å². The number of aliphatic carboxylic acids is 1. The highest BCUT2D eigenvalue weighted by Gasteiger charge is 2.47. The number of carboxylic acid groups (broad SMARTS) is 2. The van der Waals surface area contributed by atoms with Crippen molar-refractivity contribution in [1.29, 1.82) is 0 Å². The summed E-state index contributed by atoms with van der Waals surface area (Å²) in [6.45, 7) is 2.72. The molecular weight excluding hydrogens is 348 g/mol. The number of rotatable bonds is 4. The molecule has 0 amide bonds. The fourth-order valence-corrected chi connectivity index (χ4v) is 3.30. The molecule has 2 aromatic rings. The van der Waals surface area contributed by atoms with Gasteiger partial charge in [-0.1, -0.05) is 30.3 Å². The molecule has 8 heteroatoms. The van der Waals surface area contributed by atoms with Gasteiger partial charge in [-0.05, 0) is 18.9 Å². The minimum Gasteiger partial charge on any atom is -0.483 e. The van der Waals surface area contributed by atoms with Crippen LogP contribution in [0.15, 0.2) is 36.5 Å².